The molecule has 0 spiro atoms. The van der Waals surface area contributed by atoms with E-state index >= 15 is 0 Å². The van der Waals surface area contributed by atoms with Gasteiger partial charge < -0.3 is 5.32 Å². The molecular weight excluding hydrogens is 229 g/mol. The summed E-state index contributed by atoms with van der Waals surface area (Å²) in [4.78, 5) is 0. The topological polar surface area (TPSA) is 29.9 Å². The van der Waals surface area contributed by atoms with E-state index in [4.69, 9.17) is 0 Å². The first-order valence-electron chi connectivity index (χ1n) is 6.14. The van der Waals surface area contributed by atoms with Gasteiger partial charge in [0.05, 0.1) is 5.69 Å². The molecule has 0 saturated heterocycles. The Hall–Kier alpha value is -1.68. The monoisotopic (exact) mass is 247 g/mol. The molecule has 2 aromatic rings. The lowest BCUT2D eigenvalue weighted by atomic mass is 10.2. The Labute approximate surface area is 107 Å². The van der Waals surface area contributed by atoms with Crippen LogP contribution in [0.5, 0.6) is 0 Å². The second-order valence-electron chi connectivity index (χ2n) is 4.61. The summed E-state index contributed by atoms with van der Waals surface area (Å²) < 4.78 is 14.9. The van der Waals surface area contributed by atoms with Gasteiger partial charge in [-0.2, -0.15) is 5.10 Å². The highest BCUT2D eigenvalue weighted by Crippen LogP contribution is 2.05. The molecule has 1 N–H and O–H groups in total. The Morgan fingerprint density at radius 2 is 2.11 bits per heavy atom. The fourth-order valence-corrected chi connectivity index (χ4v) is 1.74. The molecule has 0 atom stereocenters. The molecule has 0 unspecified atom stereocenters. The van der Waals surface area contributed by atoms with Gasteiger partial charge in [0.2, 0.25) is 0 Å². The maximum atomic E-state index is 13.0. The van der Waals surface area contributed by atoms with Crippen molar-refractivity contribution >= 4 is 0 Å². The predicted octanol–water partition coefficient (Wildman–Crippen LogP) is 2.89. The third-order valence-electron chi connectivity index (χ3n) is 2.72. The maximum Gasteiger partial charge on any atom is 0.123 e. The summed E-state index contributed by atoms with van der Waals surface area (Å²) >= 11 is 0. The molecule has 0 aliphatic heterocycles. The molecule has 1 aromatic carbocycles. The average Bonchev–Trinajstić information content (AvgIpc) is 2.78. The van der Waals surface area contributed by atoms with Gasteiger partial charge in [-0.1, -0.05) is 12.1 Å². The van der Waals surface area contributed by atoms with Gasteiger partial charge in [0.1, 0.15) is 5.82 Å². The van der Waals surface area contributed by atoms with Crippen LogP contribution in [0.25, 0.3) is 0 Å². The van der Waals surface area contributed by atoms with Gasteiger partial charge in [0, 0.05) is 25.3 Å². The van der Waals surface area contributed by atoms with Gasteiger partial charge in [-0.3, -0.25) is 4.68 Å². The van der Waals surface area contributed by atoms with Crippen molar-refractivity contribution in [2.24, 2.45) is 0 Å². The number of hydrogen-bond acceptors (Lipinski definition) is 2. The zero-order valence-electron chi connectivity index (χ0n) is 10.7. The highest BCUT2D eigenvalue weighted by atomic mass is 19.1. The number of nitrogens with one attached hydrogen (secondary N) is 1. The smallest absolute Gasteiger partial charge is 0.123 e. The van der Waals surface area contributed by atoms with E-state index in [1.165, 1.54) is 6.07 Å². The van der Waals surface area contributed by atoms with Crippen LogP contribution in [0.15, 0.2) is 36.5 Å². The molecule has 4 heteroatoms. The van der Waals surface area contributed by atoms with Gasteiger partial charge in [-0.15, -0.1) is 0 Å². The van der Waals surface area contributed by atoms with Crippen molar-refractivity contribution in [3.63, 3.8) is 0 Å². The molecule has 0 saturated carbocycles. The molecule has 18 heavy (non-hydrogen) atoms. The van der Waals surface area contributed by atoms with E-state index in [0.717, 1.165) is 11.3 Å². The van der Waals surface area contributed by atoms with Gasteiger partial charge >= 0.3 is 0 Å². The summed E-state index contributed by atoms with van der Waals surface area (Å²) in [5.74, 6) is -0.196. The second kappa shape index (κ2) is 5.78. The molecule has 0 radical (unpaired) electrons. The molecule has 2 rings (SSSR count). The summed E-state index contributed by atoms with van der Waals surface area (Å²) in [7, 11) is 0. The average molecular weight is 247 g/mol. The summed E-state index contributed by atoms with van der Waals surface area (Å²) in [5.41, 5.74) is 1.94. The standard InChI is InChI=1S/C14H18FN3/c1-11(2)18-7-6-14(17-18)10-16-9-12-4-3-5-13(15)8-12/h3-8,11,16H,9-10H2,1-2H3. The van der Waals surface area contributed by atoms with Gasteiger partial charge in [-0.25, -0.2) is 4.39 Å². The number of benzene rings is 1. The molecular formula is C14H18FN3. The van der Waals surface area contributed by atoms with Crippen LogP contribution in [-0.2, 0) is 13.1 Å². The third-order valence-corrected chi connectivity index (χ3v) is 2.72. The number of hydrogen-bond donors (Lipinski definition) is 1. The number of aromatic nitrogens is 2. The van der Waals surface area contributed by atoms with Crippen molar-refractivity contribution < 1.29 is 4.39 Å². The van der Waals surface area contributed by atoms with Crippen molar-refractivity contribution in [2.45, 2.75) is 33.0 Å². The van der Waals surface area contributed by atoms with E-state index < -0.39 is 0 Å². The normalized spacial score (nSPS) is 11.1. The minimum atomic E-state index is -0.196. The third kappa shape index (κ3) is 3.40. The summed E-state index contributed by atoms with van der Waals surface area (Å²) in [6.07, 6.45) is 1.98. The largest absolute Gasteiger partial charge is 0.307 e. The number of nitrogens with zero attached hydrogens (tertiary/aromatic N) is 2. The van der Waals surface area contributed by atoms with Crippen LogP contribution >= 0.6 is 0 Å². The lowest BCUT2D eigenvalue weighted by Gasteiger charge is -2.05. The highest BCUT2D eigenvalue weighted by molar-refractivity contribution is 5.16. The van der Waals surface area contributed by atoms with Gasteiger partial charge in [0.25, 0.3) is 0 Å². The summed E-state index contributed by atoms with van der Waals surface area (Å²) in [5, 5.41) is 7.69. The van der Waals surface area contributed by atoms with E-state index in [1.807, 2.05) is 23.0 Å². The first-order chi connectivity index (χ1) is 8.65. The highest BCUT2D eigenvalue weighted by Gasteiger charge is 2.01. The van der Waals surface area contributed by atoms with Crippen molar-refractivity contribution in [2.75, 3.05) is 0 Å². The Morgan fingerprint density at radius 1 is 1.28 bits per heavy atom. The Bertz CT molecular complexity index is 505. The maximum absolute atomic E-state index is 13.0. The Balaban J connectivity index is 1.84. The van der Waals surface area contributed by atoms with Crippen LogP contribution in [0.4, 0.5) is 4.39 Å². The van der Waals surface area contributed by atoms with E-state index in [1.54, 1.807) is 12.1 Å². The molecule has 96 valence electrons. The minimum absolute atomic E-state index is 0.196. The fraction of sp³-hybridized carbons (Fsp3) is 0.357. The first-order valence-corrected chi connectivity index (χ1v) is 6.14. The van der Waals surface area contributed by atoms with Gasteiger partial charge in [-0.05, 0) is 37.6 Å². The molecule has 0 bridgehead atoms. The van der Waals surface area contributed by atoms with E-state index in [2.05, 4.69) is 24.3 Å². The van der Waals surface area contributed by atoms with Crippen LogP contribution in [0.3, 0.4) is 0 Å². The van der Waals surface area contributed by atoms with Crippen LogP contribution in [-0.4, -0.2) is 9.78 Å². The van der Waals surface area contributed by atoms with Crippen molar-refractivity contribution in [1.82, 2.24) is 15.1 Å². The quantitative estimate of drug-likeness (QED) is 0.880. The predicted molar refractivity (Wildman–Crippen MR) is 69.6 cm³/mol. The number of halogens is 1. The van der Waals surface area contributed by atoms with Crippen LogP contribution < -0.4 is 5.32 Å². The molecule has 0 amide bonds. The molecule has 3 nitrogen and oxygen atoms in total. The van der Waals surface area contributed by atoms with E-state index in [9.17, 15) is 4.39 Å². The minimum Gasteiger partial charge on any atom is -0.307 e. The molecule has 1 heterocycles. The Morgan fingerprint density at radius 3 is 2.78 bits per heavy atom. The first kappa shape index (κ1) is 12.8. The zero-order valence-corrected chi connectivity index (χ0v) is 10.7. The van der Waals surface area contributed by atoms with Crippen LogP contribution in [0.1, 0.15) is 31.1 Å². The second-order valence-corrected chi connectivity index (χ2v) is 4.61. The summed E-state index contributed by atoms with van der Waals surface area (Å²) in [6.45, 7) is 5.52. The zero-order chi connectivity index (χ0) is 13.0. The Kier molecular flexibility index (Phi) is 4.10. The molecule has 0 aliphatic rings. The number of rotatable bonds is 5. The van der Waals surface area contributed by atoms with Crippen LogP contribution in [0, 0.1) is 5.82 Å². The SMILES string of the molecule is CC(C)n1ccc(CNCc2cccc(F)c2)n1. The molecule has 0 aliphatic carbocycles. The molecule has 0 fully saturated rings. The summed E-state index contributed by atoms with van der Waals surface area (Å²) in [6, 6.07) is 9.00. The van der Waals surface area contributed by atoms with Crippen molar-refractivity contribution in [3.8, 4) is 0 Å². The lowest BCUT2D eigenvalue weighted by molar-refractivity contribution is 0.521. The van der Waals surface area contributed by atoms with E-state index in [0.29, 0.717) is 19.1 Å². The van der Waals surface area contributed by atoms with Crippen molar-refractivity contribution in [1.29, 1.82) is 0 Å². The lowest BCUT2D eigenvalue weighted by Crippen LogP contribution is -2.13. The van der Waals surface area contributed by atoms with Crippen molar-refractivity contribution in [3.05, 3.63) is 53.6 Å². The fourth-order valence-electron chi connectivity index (χ4n) is 1.74. The molecule has 1 aromatic heterocycles. The van der Waals surface area contributed by atoms with Crippen LogP contribution in [0.2, 0.25) is 0 Å². The van der Waals surface area contributed by atoms with Gasteiger partial charge in [0.15, 0.2) is 0 Å². The van der Waals surface area contributed by atoms with E-state index in [-0.39, 0.29) is 5.82 Å².